The maximum Gasteiger partial charge on any atom is 0.250 e. The van der Waals surface area contributed by atoms with Gasteiger partial charge in [-0.2, -0.15) is 0 Å². The molecule has 202 valence electrons. The van der Waals surface area contributed by atoms with Crippen molar-refractivity contribution in [3.63, 3.8) is 0 Å². The number of halogens is 1. The van der Waals surface area contributed by atoms with Crippen molar-refractivity contribution in [3.8, 4) is 0 Å². The number of nitrogens with one attached hydrogen (secondary N) is 2. The Bertz CT molecular complexity index is 1210. The summed E-state index contributed by atoms with van der Waals surface area (Å²) in [5.41, 5.74) is -0.490. The second-order valence-corrected chi connectivity index (χ2v) is 10.9. The minimum absolute atomic E-state index is 0.00689. The number of hydrogen-bond acceptors (Lipinski definition) is 5. The molecule has 38 heavy (non-hydrogen) atoms. The normalized spacial score (nSPS) is 29.4. The molecule has 3 N–H and O–H groups in total. The van der Waals surface area contributed by atoms with Crippen LogP contribution in [0, 0.1) is 11.8 Å². The van der Waals surface area contributed by atoms with Crippen LogP contribution < -0.4 is 10.6 Å². The van der Waals surface area contributed by atoms with Crippen LogP contribution in [-0.4, -0.2) is 58.1 Å². The Kier molecular flexibility index (Phi) is 7.49. The summed E-state index contributed by atoms with van der Waals surface area (Å²) in [6.45, 7) is 2.60. The molecule has 3 aliphatic rings. The zero-order valence-electron chi connectivity index (χ0n) is 21.5. The molecule has 0 aliphatic carbocycles. The monoisotopic (exact) mass is 539 g/mol. The van der Waals surface area contributed by atoms with Gasteiger partial charge in [0.05, 0.1) is 28.1 Å². The molecule has 9 heteroatoms. The lowest BCUT2D eigenvalue weighted by Crippen LogP contribution is -2.53. The Morgan fingerprint density at radius 1 is 1.08 bits per heavy atom. The highest BCUT2D eigenvalue weighted by atomic mass is 35.5. The number of fused-ring (bicyclic) bond motifs is 1. The first kappa shape index (κ1) is 26.7. The fraction of sp³-hybridized carbons (Fsp3) is 0.483. The molecule has 3 saturated heterocycles. The van der Waals surface area contributed by atoms with Crippen molar-refractivity contribution >= 4 is 35.0 Å². The summed E-state index contributed by atoms with van der Waals surface area (Å²) in [5.74, 6) is -2.30. The van der Waals surface area contributed by atoms with Gasteiger partial charge in [-0.3, -0.25) is 14.4 Å². The smallest absolute Gasteiger partial charge is 0.250 e. The molecule has 5 atom stereocenters. The van der Waals surface area contributed by atoms with E-state index >= 15 is 0 Å². The van der Waals surface area contributed by atoms with E-state index in [1.54, 1.807) is 29.2 Å². The van der Waals surface area contributed by atoms with Gasteiger partial charge in [0.25, 0.3) is 0 Å². The fourth-order valence-electron chi connectivity index (χ4n) is 6.71. The van der Waals surface area contributed by atoms with Gasteiger partial charge in [0, 0.05) is 19.7 Å². The lowest BCUT2D eigenvalue weighted by molar-refractivity contribution is -0.146. The number of amides is 3. The third kappa shape index (κ3) is 4.38. The van der Waals surface area contributed by atoms with Gasteiger partial charge >= 0.3 is 0 Å². The van der Waals surface area contributed by atoms with Crippen LogP contribution >= 0.6 is 11.6 Å². The van der Waals surface area contributed by atoms with E-state index in [-0.39, 0.29) is 24.3 Å². The van der Waals surface area contributed by atoms with E-state index in [1.165, 1.54) is 0 Å². The SMILES string of the molecule is CC[C@]12CCC3(O1)C(C(=O)Nc1ccccc1Cl)N(CCCCO)C(=O)[C@@H]3[C@H]2C(=O)NCc1ccccc1. The van der Waals surface area contributed by atoms with Crippen molar-refractivity contribution < 1.29 is 24.2 Å². The molecular formula is C29H34ClN3O5. The molecule has 3 aliphatic heterocycles. The van der Waals surface area contributed by atoms with Crippen molar-refractivity contribution in [2.45, 2.75) is 62.8 Å². The van der Waals surface area contributed by atoms with E-state index in [2.05, 4.69) is 10.6 Å². The van der Waals surface area contributed by atoms with E-state index < -0.39 is 29.1 Å². The Balaban J connectivity index is 1.47. The molecule has 2 aromatic carbocycles. The number of carbonyl (C=O) groups excluding carboxylic acids is 3. The molecule has 2 unspecified atom stereocenters. The molecular weight excluding hydrogens is 506 g/mol. The molecule has 0 aromatic heterocycles. The minimum Gasteiger partial charge on any atom is -0.396 e. The van der Waals surface area contributed by atoms with Gasteiger partial charge < -0.3 is 25.4 Å². The summed E-state index contributed by atoms with van der Waals surface area (Å²) < 4.78 is 6.75. The summed E-state index contributed by atoms with van der Waals surface area (Å²) in [5, 5.41) is 15.7. The van der Waals surface area contributed by atoms with Gasteiger partial charge in [-0.25, -0.2) is 0 Å². The molecule has 3 heterocycles. The van der Waals surface area contributed by atoms with Crippen LogP contribution in [0.3, 0.4) is 0 Å². The highest BCUT2D eigenvalue weighted by Gasteiger charge is 2.78. The Morgan fingerprint density at radius 3 is 2.53 bits per heavy atom. The molecule has 3 fully saturated rings. The summed E-state index contributed by atoms with van der Waals surface area (Å²) in [7, 11) is 0. The van der Waals surface area contributed by atoms with E-state index in [9.17, 15) is 19.5 Å². The number of hydrogen-bond donors (Lipinski definition) is 3. The number of nitrogens with zero attached hydrogens (tertiary/aromatic N) is 1. The third-order valence-corrected chi connectivity index (χ3v) is 8.79. The number of aliphatic hydroxyl groups excluding tert-OH is 1. The topological polar surface area (TPSA) is 108 Å². The first-order valence-corrected chi connectivity index (χ1v) is 13.7. The maximum atomic E-state index is 14.0. The van der Waals surface area contributed by atoms with Crippen LogP contribution in [0.5, 0.6) is 0 Å². The van der Waals surface area contributed by atoms with Gasteiger partial charge in [-0.05, 0) is 49.8 Å². The van der Waals surface area contributed by atoms with Crippen molar-refractivity contribution in [1.29, 1.82) is 0 Å². The van der Waals surface area contributed by atoms with Crippen LogP contribution in [-0.2, 0) is 25.7 Å². The largest absolute Gasteiger partial charge is 0.396 e. The van der Waals surface area contributed by atoms with Crippen molar-refractivity contribution in [1.82, 2.24) is 10.2 Å². The van der Waals surface area contributed by atoms with Gasteiger partial charge in [0.1, 0.15) is 11.6 Å². The van der Waals surface area contributed by atoms with Crippen molar-refractivity contribution in [2.75, 3.05) is 18.5 Å². The van der Waals surface area contributed by atoms with Crippen LogP contribution in [0.2, 0.25) is 5.02 Å². The lowest BCUT2D eigenvalue weighted by atomic mass is 9.65. The minimum atomic E-state index is -1.10. The molecule has 0 radical (unpaired) electrons. The highest BCUT2D eigenvalue weighted by molar-refractivity contribution is 6.33. The number of anilines is 1. The number of rotatable bonds is 10. The molecule has 1 spiro atoms. The Morgan fingerprint density at radius 2 is 1.82 bits per heavy atom. The zero-order chi connectivity index (χ0) is 26.9. The van der Waals surface area contributed by atoms with E-state index in [0.717, 1.165) is 5.56 Å². The van der Waals surface area contributed by atoms with Gasteiger partial charge in [-0.15, -0.1) is 0 Å². The highest BCUT2D eigenvalue weighted by Crippen LogP contribution is 2.64. The van der Waals surface area contributed by atoms with Gasteiger partial charge in [0.15, 0.2) is 0 Å². The van der Waals surface area contributed by atoms with E-state index in [4.69, 9.17) is 16.3 Å². The van der Waals surface area contributed by atoms with Crippen LogP contribution in [0.4, 0.5) is 5.69 Å². The predicted molar refractivity (Wildman–Crippen MR) is 143 cm³/mol. The number of ether oxygens (including phenoxy) is 1. The number of unbranched alkanes of at least 4 members (excludes halogenated alkanes) is 1. The van der Waals surface area contributed by atoms with Crippen molar-refractivity contribution in [2.24, 2.45) is 11.8 Å². The van der Waals surface area contributed by atoms with Crippen molar-refractivity contribution in [3.05, 3.63) is 65.2 Å². The molecule has 2 aromatic rings. The average Bonchev–Trinajstić information content (AvgIpc) is 3.53. The van der Waals surface area contributed by atoms with Gasteiger partial charge in [-0.1, -0.05) is 61.0 Å². The average molecular weight is 540 g/mol. The quantitative estimate of drug-likeness (QED) is 0.400. The third-order valence-electron chi connectivity index (χ3n) is 8.46. The number of para-hydroxylation sites is 1. The molecule has 2 bridgehead atoms. The first-order valence-electron chi connectivity index (χ1n) is 13.4. The molecule has 5 rings (SSSR count). The summed E-state index contributed by atoms with van der Waals surface area (Å²) in [6, 6.07) is 15.7. The second kappa shape index (κ2) is 10.7. The summed E-state index contributed by atoms with van der Waals surface area (Å²) in [4.78, 5) is 43.2. The molecule has 8 nitrogen and oxygen atoms in total. The standard InChI is InChI=1S/C29H34ClN3O5/c1-2-28-14-15-29(38-28)23(22(28)25(35)31-18-19-10-4-3-5-11-19)27(37)33(16-8-9-17-34)24(29)26(36)32-21-13-7-6-12-20(21)30/h3-7,10-13,22-24,34H,2,8-9,14-18H2,1H3,(H,31,35)(H,32,36)/t22-,23-,24?,28+,29?/m0/s1. The number of aliphatic hydroxyl groups is 1. The maximum absolute atomic E-state index is 14.0. The van der Waals surface area contributed by atoms with Crippen LogP contribution in [0.25, 0.3) is 0 Å². The molecule has 3 amide bonds. The lowest BCUT2D eigenvalue weighted by Gasteiger charge is -2.34. The fourth-order valence-corrected chi connectivity index (χ4v) is 6.89. The van der Waals surface area contributed by atoms with Crippen LogP contribution in [0.15, 0.2) is 54.6 Å². The van der Waals surface area contributed by atoms with E-state index in [0.29, 0.717) is 55.9 Å². The second-order valence-electron chi connectivity index (χ2n) is 10.5. The van der Waals surface area contributed by atoms with E-state index in [1.807, 2.05) is 37.3 Å². The Labute approximate surface area is 227 Å². The Hall–Kier alpha value is -2.94. The number of likely N-dealkylation sites (tertiary alicyclic amines) is 1. The predicted octanol–water partition coefficient (Wildman–Crippen LogP) is 3.52. The number of benzene rings is 2. The number of carbonyl (C=O) groups is 3. The summed E-state index contributed by atoms with van der Waals surface area (Å²) in [6.07, 6.45) is 2.70. The van der Waals surface area contributed by atoms with Crippen LogP contribution in [0.1, 0.15) is 44.6 Å². The zero-order valence-corrected chi connectivity index (χ0v) is 22.2. The molecule has 0 saturated carbocycles. The van der Waals surface area contributed by atoms with Gasteiger partial charge in [0.2, 0.25) is 17.7 Å². The summed E-state index contributed by atoms with van der Waals surface area (Å²) >= 11 is 6.32. The first-order chi connectivity index (χ1) is 18.4.